The summed E-state index contributed by atoms with van der Waals surface area (Å²) >= 11 is 0. The molecule has 2 aromatic heterocycles. The third kappa shape index (κ3) is 7.36. The fourth-order valence-electron chi connectivity index (χ4n) is 8.68. The predicted octanol–water partition coefficient (Wildman–Crippen LogP) is 16.7. The highest BCUT2D eigenvalue weighted by Gasteiger charge is 2.15. The summed E-state index contributed by atoms with van der Waals surface area (Å²) in [7, 11) is 0. The second kappa shape index (κ2) is 16.3. The van der Waals surface area contributed by atoms with Gasteiger partial charge in [0.15, 0.2) is 6.21 Å². The molecule has 0 atom stereocenters. The van der Waals surface area contributed by atoms with Gasteiger partial charge in [0.25, 0.3) is 0 Å². The Morgan fingerprint density at radius 2 is 0.746 bits per heavy atom. The third-order valence-corrected chi connectivity index (χ3v) is 12.0. The first-order valence-electron chi connectivity index (χ1n) is 21.4. The molecule has 0 radical (unpaired) electrons. The van der Waals surface area contributed by atoms with Crippen LogP contribution in [0.25, 0.3) is 94.0 Å². The summed E-state index contributed by atoms with van der Waals surface area (Å²) in [5, 5.41) is 4.55. The van der Waals surface area contributed by atoms with E-state index in [9.17, 15) is 0 Å². The number of allylic oxidation sites excluding steroid dienone is 4. The number of furan rings is 2. The van der Waals surface area contributed by atoms with Crippen LogP contribution in [0.4, 0.5) is 11.4 Å². The number of para-hydroxylation sites is 2. The van der Waals surface area contributed by atoms with Crippen LogP contribution in [-0.2, 0) is 0 Å². The van der Waals surface area contributed by atoms with E-state index in [1.165, 1.54) is 27.8 Å². The van der Waals surface area contributed by atoms with Crippen molar-refractivity contribution in [2.75, 3.05) is 0 Å². The lowest BCUT2D eigenvalue weighted by atomic mass is 9.98. The SMILES string of the molecule is C/C=C\C(=C/C=[N+](c1ccc(-c2ccccc2)cc1)c1ccc(-c2ccc(-c3ccc4oc5ccccc5c4c3)cc2)cc1)c1ccc(-c2ccc3oc4ccccc4c3c2)cc1. The summed E-state index contributed by atoms with van der Waals surface area (Å²) in [6.07, 6.45) is 8.67. The minimum atomic E-state index is 0.905. The van der Waals surface area contributed by atoms with Crippen molar-refractivity contribution < 1.29 is 8.83 Å². The minimum Gasteiger partial charge on any atom is -0.456 e. The van der Waals surface area contributed by atoms with Gasteiger partial charge >= 0.3 is 0 Å². The Labute approximate surface area is 366 Å². The zero-order valence-corrected chi connectivity index (χ0v) is 34.8. The van der Waals surface area contributed by atoms with E-state index in [0.29, 0.717) is 0 Å². The average molecular weight is 809 g/mol. The average Bonchev–Trinajstić information content (AvgIpc) is 3.92. The van der Waals surface area contributed by atoms with Crippen LogP contribution in [0.3, 0.4) is 0 Å². The topological polar surface area (TPSA) is 29.3 Å². The van der Waals surface area contributed by atoms with Crippen LogP contribution >= 0.6 is 0 Å². The van der Waals surface area contributed by atoms with E-state index < -0.39 is 0 Å². The van der Waals surface area contributed by atoms with E-state index in [2.05, 4.69) is 224 Å². The van der Waals surface area contributed by atoms with Crippen molar-refractivity contribution in [1.82, 2.24) is 4.58 Å². The van der Waals surface area contributed by atoms with Crippen molar-refractivity contribution in [3.05, 3.63) is 236 Å². The molecule has 298 valence electrons. The summed E-state index contributed by atoms with van der Waals surface area (Å²) in [5.41, 5.74) is 17.4. The smallest absolute Gasteiger partial charge is 0.211 e. The Morgan fingerprint density at radius 3 is 1.24 bits per heavy atom. The van der Waals surface area contributed by atoms with Crippen LogP contribution < -0.4 is 4.58 Å². The second-order valence-electron chi connectivity index (χ2n) is 15.9. The Balaban J connectivity index is 0.907. The standard InChI is InChI=1S/C60H42NO2/c1-2-10-41(43-17-21-47(22-18-43)49-29-35-59-55(39-49)53-13-6-8-15-57(53)62-59)37-38-61(51-31-25-45(26-32-51)42-11-4-3-5-12-42)52-33-27-46(28-34-52)44-19-23-48(24-20-44)50-30-36-60-56(40-50)54-14-7-9-16-58(54)63-60/h2-40H,1H3/q+1/b10-2-,41-37+,61-38?. The molecule has 0 fully saturated rings. The van der Waals surface area contributed by atoms with Gasteiger partial charge in [-0.15, -0.1) is 0 Å². The van der Waals surface area contributed by atoms with E-state index in [1.54, 1.807) is 0 Å². The molecule has 63 heavy (non-hydrogen) atoms. The highest BCUT2D eigenvalue weighted by atomic mass is 16.3. The summed E-state index contributed by atoms with van der Waals surface area (Å²) in [5.74, 6) is 0. The molecule has 0 saturated heterocycles. The Morgan fingerprint density at radius 1 is 0.365 bits per heavy atom. The molecule has 3 nitrogen and oxygen atoms in total. The monoisotopic (exact) mass is 808 g/mol. The first-order chi connectivity index (χ1) is 31.1. The van der Waals surface area contributed by atoms with Crippen LogP contribution in [-0.4, -0.2) is 6.21 Å². The molecule has 9 aromatic carbocycles. The molecule has 0 spiro atoms. The maximum atomic E-state index is 6.09. The van der Waals surface area contributed by atoms with Gasteiger partial charge in [0.2, 0.25) is 11.4 Å². The lowest BCUT2D eigenvalue weighted by Gasteiger charge is -2.08. The summed E-state index contributed by atoms with van der Waals surface area (Å²) in [4.78, 5) is 0. The molecule has 11 aromatic rings. The normalized spacial score (nSPS) is 12.3. The fraction of sp³-hybridized carbons (Fsp3) is 0.0167. The molecule has 0 amide bonds. The highest BCUT2D eigenvalue weighted by molar-refractivity contribution is 6.07. The van der Waals surface area contributed by atoms with Crippen LogP contribution in [0.5, 0.6) is 0 Å². The van der Waals surface area contributed by atoms with Crippen LogP contribution in [0, 0.1) is 0 Å². The van der Waals surface area contributed by atoms with Crippen molar-refractivity contribution in [2.45, 2.75) is 6.92 Å². The van der Waals surface area contributed by atoms with Crippen molar-refractivity contribution >= 4 is 67.0 Å². The highest BCUT2D eigenvalue weighted by Crippen LogP contribution is 2.35. The number of benzene rings is 9. The zero-order chi connectivity index (χ0) is 42.1. The van der Waals surface area contributed by atoms with Crippen molar-refractivity contribution in [3.63, 3.8) is 0 Å². The number of hydrogen-bond donors (Lipinski definition) is 0. The molecule has 11 rings (SSSR count). The van der Waals surface area contributed by atoms with Gasteiger partial charge in [-0.2, -0.15) is 4.58 Å². The Bertz CT molecular complexity index is 3510. The third-order valence-electron chi connectivity index (χ3n) is 12.0. The Kier molecular flexibility index (Phi) is 9.76. The second-order valence-corrected chi connectivity index (χ2v) is 15.9. The number of rotatable bonds is 9. The summed E-state index contributed by atoms with van der Waals surface area (Å²) < 4.78 is 14.4. The zero-order valence-electron chi connectivity index (χ0n) is 34.8. The van der Waals surface area contributed by atoms with E-state index in [1.807, 2.05) is 24.3 Å². The molecule has 2 heterocycles. The van der Waals surface area contributed by atoms with Crippen LogP contribution in [0.1, 0.15) is 12.5 Å². The molecular weight excluding hydrogens is 767 g/mol. The molecule has 0 aliphatic carbocycles. The number of hydrogen-bond acceptors (Lipinski definition) is 2. The van der Waals surface area contributed by atoms with Gasteiger partial charge < -0.3 is 8.83 Å². The van der Waals surface area contributed by atoms with Gasteiger partial charge in [-0.3, -0.25) is 0 Å². The molecular formula is C60H42NO2+. The summed E-state index contributed by atoms with van der Waals surface area (Å²) in [6, 6.07) is 75.2. The minimum absolute atomic E-state index is 0.905. The molecule has 3 heteroatoms. The van der Waals surface area contributed by atoms with E-state index >= 15 is 0 Å². The van der Waals surface area contributed by atoms with Gasteiger partial charge in [0, 0.05) is 51.9 Å². The van der Waals surface area contributed by atoms with Gasteiger partial charge in [-0.25, -0.2) is 0 Å². The molecule has 0 aliphatic rings. The van der Waals surface area contributed by atoms with Gasteiger partial charge in [-0.1, -0.05) is 140 Å². The lowest BCUT2D eigenvalue weighted by Crippen LogP contribution is -2.05. The summed E-state index contributed by atoms with van der Waals surface area (Å²) in [6.45, 7) is 2.07. The quantitative estimate of drug-likeness (QED) is 0.0826. The molecule has 0 saturated carbocycles. The van der Waals surface area contributed by atoms with Crippen molar-refractivity contribution in [3.8, 4) is 44.5 Å². The maximum absolute atomic E-state index is 6.09. The maximum Gasteiger partial charge on any atom is 0.211 e. The van der Waals surface area contributed by atoms with Gasteiger partial charge in [-0.05, 0) is 123 Å². The number of fused-ring (bicyclic) bond motifs is 6. The Hall–Kier alpha value is -8.27. The molecule has 0 N–H and O–H groups in total. The van der Waals surface area contributed by atoms with Gasteiger partial charge in [0.1, 0.15) is 22.3 Å². The first-order valence-corrected chi connectivity index (χ1v) is 21.4. The van der Waals surface area contributed by atoms with E-state index in [0.717, 1.165) is 83.1 Å². The number of nitrogens with zero attached hydrogens (tertiary/aromatic N) is 1. The van der Waals surface area contributed by atoms with Gasteiger partial charge in [0.05, 0.1) is 0 Å². The van der Waals surface area contributed by atoms with E-state index in [-0.39, 0.29) is 0 Å². The van der Waals surface area contributed by atoms with Crippen molar-refractivity contribution in [2.24, 2.45) is 0 Å². The molecule has 0 bridgehead atoms. The lowest BCUT2D eigenvalue weighted by molar-refractivity contribution is 0.668. The van der Waals surface area contributed by atoms with E-state index in [4.69, 9.17) is 8.83 Å². The van der Waals surface area contributed by atoms with Crippen LogP contribution in [0.15, 0.2) is 239 Å². The van der Waals surface area contributed by atoms with Crippen molar-refractivity contribution in [1.29, 1.82) is 0 Å². The molecule has 0 unspecified atom stereocenters. The largest absolute Gasteiger partial charge is 0.456 e. The molecule has 0 aliphatic heterocycles. The first kappa shape index (κ1) is 37.7. The predicted molar refractivity (Wildman–Crippen MR) is 266 cm³/mol. The fourth-order valence-corrected chi connectivity index (χ4v) is 8.68. The van der Waals surface area contributed by atoms with Crippen LogP contribution in [0.2, 0.25) is 0 Å².